The Labute approximate surface area is 838 Å². The van der Waals surface area contributed by atoms with E-state index in [-0.39, 0.29) is 71.1 Å². The molecule has 15 aromatic rings. The number of hydrogen-bond donors (Lipinski definition) is 2. The van der Waals surface area contributed by atoms with Crippen molar-refractivity contribution in [1.29, 1.82) is 0 Å². The summed E-state index contributed by atoms with van der Waals surface area (Å²) < 4.78 is 8.36. The van der Waals surface area contributed by atoms with Crippen LogP contribution in [0.2, 0.25) is 20.1 Å². The molecule has 0 radical (unpaired) electrons. The van der Waals surface area contributed by atoms with Crippen LogP contribution >= 0.6 is 46.4 Å². The second-order valence-electron chi connectivity index (χ2n) is 37.4. The fourth-order valence-corrected chi connectivity index (χ4v) is 20.5. The Morgan fingerprint density at radius 3 is 0.929 bits per heavy atom. The summed E-state index contributed by atoms with van der Waals surface area (Å²) in [6.45, 7) is 12.0. The van der Waals surface area contributed by atoms with Gasteiger partial charge in [-0.25, -0.2) is 0 Å². The summed E-state index contributed by atoms with van der Waals surface area (Å²) in [6, 6.07) is 101. The van der Waals surface area contributed by atoms with E-state index < -0.39 is 0 Å². The van der Waals surface area contributed by atoms with Gasteiger partial charge in [-0.15, -0.1) is 0 Å². The Kier molecular flexibility index (Phi) is 32.6. The number of carbonyl (C=O) groups excluding carboxylic acids is 8. The molecule has 1 atom stereocenters. The molecule has 0 aliphatic carbocycles. The monoisotopic (exact) mass is 1950 g/mol. The number of amides is 8. The number of piperidine rings is 5. The van der Waals surface area contributed by atoms with E-state index in [9.17, 15) is 38.4 Å². The number of carbonyl (C=O) groups is 8. The van der Waals surface area contributed by atoms with Crippen LogP contribution in [-0.4, -0.2) is 167 Å². The molecular formula is C116H118Cl4N12O8. The maximum atomic E-state index is 13.7. The minimum atomic E-state index is -0.0832. The maximum absolute atomic E-state index is 13.7. The molecule has 718 valence electrons. The van der Waals surface area contributed by atoms with Crippen LogP contribution in [0.25, 0.3) is 43.6 Å². The highest BCUT2D eigenvalue weighted by atomic mass is 35.5. The molecule has 5 aliphatic rings. The van der Waals surface area contributed by atoms with Gasteiger partial charge >= 0.3 is 0 Å². The number of rotatable bonds is 22. The smallest absolute Gasteiger partial charge is 0.270 e. The lowest BCUT2D eigenvalue weighted by Gasteiger charge is -2.35. The predicted octanol–water partition coefficient (Wildman–Crippen LogP) is 22.6. The van der Waals surface area contributed by atoms with E-state index in [4.69, 9.17) is 46.4 Å². The molecule has 0 spiro atoms. The molecular weight excluding hydrogens is 1830 g/mol. The van der Waals surface area contributed by atoms with Crippen LogP contribution in [0.15, 0.2) is 309 Å². The molecule has 140 heavy (non-hydrogen) atoms. The molecule has 9 heterocycles. The number of nitrogens with one attached hydrogen (secondary N) is 2. The first kappa shape index (κ1) is 98.1. The van der Waals surface area contributed by atoms with Gasteiger partial charge in [-0.3, -0.25) is 38.4 Å². The first-order chi connectivity index (χ1) is 68.2. The van der Waals surface area contributed by atoms with Crippen LogP contribution in [0, 0.1) is 23.7 Å². The molecule has 0 bridgehead atoms. The van der Waals surface area contributed by atoms with E-state index in [1.165, 1.54) is 6.42 Å². The number of para-hydroxylation sites is 4. The van der Waals surface area contributed by atoms with Crippen LogP contribution in [0.4, 0.5) is 0 Å². The Hall–Kier alpha value is -13.5. The molecule has 4 aromatic heterocycles. The van der Waals surface area contributed by atoms with Crippen LogP contribution in [0.1, 0.15) is 164 Å². The average molecular weight is 1950 g/mol. The minimum absolute atomic E-state index is 0.0108. The molecule has 5 aliphatic heterocycles. The topological polar surface area (TPSA) is 200 Å². The highest BCUT2D eigenvalue weighted by Crippen LogP contribution is 2.34. The first-order valence-electron chi connectivity index (χ1n) is 48.9. The van der Waals surface area contributed by atoms with Gasteiger partial charge in [-0.1, -0.05) is 259 Å². The Morgan fingerprint density at radius 1 is 0.307 bits per heavy atom. The third-order valence-corrected chi connectivity index (χ3v) is 29.0. The summed E-state index contributed by atoms with van der Waals surface area (Å²) >= 11 is 24.3. The van der Waals surface area contributed by atoms with Gasteiger partial charge in [0.1, 0.15) is 22.8 Å². The number of benzene rings is 11. The van der Waals surface area contributed by atoms with Crippen molar-refractivity contribution >= 4 is 137 Å². The molecule has 20 nitrogen and oxygen atoms in total. The van der Waals surface area contributed by atoms with Crippen molar-refractivity contribution in [2.75, 3.05) is 72.5 Å². The van der Waals surface area contributed by atoms with Gasteiger partial charge in [0.2, 0.25) is 23.6 Å². The van der Waals surface area contributed by atoms with E-state index in [1.807, 2.05) is 341 Å². The summed E-state index contributed by atoms with van der Waals surface area (Å²) in [5.41, 5.74) is 14.5. The molecule has 5 saturated heterocycles. The van der Waals surface area contributed by atoms with E-state index in [1.54, 1.807) is 0 Å². The standard InChI is InChI=1S/2C30H30ClN3O2.C29H28ClN3O2.C27H30ClN3O2/c1-32(20-22-7-3-2-4-8-22)29(35)24-15-17-33(18-16-24)30(36)28-19-25-9-5-6-10-27(25)34(28)21-23-11-13-26(31)14-12-23;1-21(23-7-3-2-4-8-23)32-29(35)24-15-17-33(18-16-24)30(36)28-19-25-9-5-6-10-27(25)34(28)20-22-11-13-26(31)14-12-22;30-25-12-10-22(11-13-25)20-33-26-9-5-4-8-24(26)18-27(33)29(35)32-16-14-23(15-17-32)28(34)31-19-21-6-2-1-3-7-21;28-23-10-8-20(9-11-23)19-31-24-7-3-2-6-22(24)18-25(31)27(33)30-16-12-21(13-17-30)26(32)29-14-4-1-5-15-29/h2-14,19,24H,15-18,20-21H2,1H3;2-14,19,21,24H,15-18,20H2,1H3,(H,32,35);1-13,18,23H,14-17,19-20H2,(H,31,34);2-3,6-11,18,21H,1,4-5,12-17,19H2/t;21-;;/m.1../s1. The van der Waals surface area contributed by atoms with Gasteiger partial charge < -0.3 is 58.3 Å². The predicted molar refractivity (Wildman–Crippen MR) is 559 cm³/mol. The second kappa shape index (κ2) is 46.5. The summed E-state index contributed by atoms with van der Waals surface area (Å²) in [4.78, 5) is 118. The largest absolute Gasteiger partial charge is 0.352 e. The summed E-state index contributed by atoms with van der Waals surface area (Å²) in [6.07, 6.45) is 8.98. The Morgan fingerprint density at radius 2 is 0.593 bits per heavy atom. The second-order valence-corrected chi connectivity index (χ2v) is 39.1. The molecule has 24 heteroatoms. The fraction of sp³-hybridized carbons (Fsp3) is 0.293. The summed E-state index contributed by atoms with van der Waals surface area (Å²) in [5, 5.41) is 13.2. The first-order valence-corrected chi connectivity index (χ1v) is 50.4. The maximum Gasteiger partial charge on any atom is 0.270 e. The van der Waals surface area contributed by atoms with Crippen molar-refractivity contribution in [3.63, 3.8) is 0 Å². The lowest BCUT2D eigenvalue weighted by molar-refractivity contribution is -0.138. The van der Waals surface area contributed by atoms with Crippen molar-refractivity contribution in [1.82, 2.24) is 58.3 Å². The van der Waals surface area contributed by atoms with Gasteiger partial charge in [0.25, 0.3) is 23.6 Å². The molecule has 8 amide bonds. The fourth-order valence-electron chi connectivity index (χ4n) is 20.0. The highest BCUT2D eigenvalue weighted by molar-refractivity contribution is 6.31. The molecule has 0 saturated carbocycles. The van der Waals surface area contributed by atoms with Gasteiger partial charge in [0.05, 0.1) is 6.04 Å². The van der Waals surface area contributed by atoms with Gasteiger partial charge in [0.15, 0.2) is 0 Å². The lowest BCUT2D eigenvalue weighted by atomic mass is 9.94. The lowest BCUT2D eigenvalue weighted by Crippen LogP contribution is -2.46. The third-order valence-electron chi connectivity index (χ3n) is 28.0. The van der Waals surface area contributed by atoms with Crippen LogP contribution in [0.5, 0.6) is 0 Å². The molecule has 5 fully saturated rings. The molecule has 0 unspecified atom stereocenters. The summed E-state index contributed by atoms with van der Waals surface area (Å²) in [7, 11) is 1.86. The minimum Gasteiger partial charge on any atom is -0.352 e. The number of halogens is 4. The van der Waals surface area contributed by atoms with E-state index >= 15 is 0 Å². The SMILES string of the molecule is CN(Cc1ccccc1)C(=O)C1CCN(C(=O)c2cc3ccccc3n2Cc2ccc(Cl)cc2)CC1.C[C@@H](NC(=O)C1CCN(C(=O)c2cc3ccccc3n2Cc2ccc(Cl)cc2)CC1)c1ccccc1.O=C(NCc1ccccc1)C1CCN(C(=O)c2cc3ccccc3n2Cc2ccc(Cl)cc2)CC1.O=C(c1cc2ccccc2n1Cc1ccc(Cl)cc1)N1CCC(C(=O)N2CCCCC2)CC1. The Bertz CT molecular complexity index is 6810. The van der Waals surface area contributed by atoms with Crippen LogP contribution in [0.3, 0.4) is 0 Å². The number of likely N-dealkylation sites (tertiary alicyclic amines) is 5. The van der Waals surface area contributed by atoms with E-state index in [0.717, 1.165) is 121 Å². The van der Waals surface area contributed by atoms with E-state index in [2.05, 4.69) is 41.0 Å². The van der Waals surface area contributed by atoms with Gasteiger partial charge in [-0.05, 0) is 214 Å². The zero-order valence-corrected chi connectivity index (χ0v) is 82.2. The van der Waals surface area contributed by atoms with Crippen molar-refractivity contribution < 1.29 is 38.4 Å². The number of nitrogens with zero attached hydrogens (tertiary/aromatic N) is 10. The zero-order chi connectivity index (χ0) is 97.1. The zero-order valence-electron chi connectivity index (χ0n) is 79.2. The van der Waals surface area contributed by atoms with Crippen LogP contribution in [-0.2, 0) is 58.4 Å². The molecule has 2 N–H and O–H groups in total. The molecule has 11 aromatic carbocycles. The van der Waals surface area contributed by atoms with E-state index in [0.29, 0.717) is 179 Å². The van der Waals surface area contributed by atoms with Crippen molar-refractivity contribution in [3.8, 4) is 0 Å². The normalized spacial score (nSPS) is 15.2. The van der Waals surface area contributed by atoms with Crippen LogP contribution < -0.4 is 10.6 Å². The Balaban J connectivity index is 0.000000129. The van der Waals surface area contributed by atoms with Gasteiger partial charge in [0, 0.05) is 199 Å². The average Bonchev–Trinajstić information content (AvgIpc) is 1.64. The number of fused-ring (bicyclic) bond motifs is 4. The van der Waals surface area contributed by atoms with Crippen molar-refractivity contribution in [2.24, 2.45) is 23.7 Å². The van der Waals surface area contributed by atoms with Crippen molar-refractivity contribution in [2.45, 2.75) is 123 Å². The van der Waals surface area contributed by atoms with Crippen molar-refractivity contribution in [3.05, 3.63) is 391 Å². The van der Waals surface area contributed by atoms with Gasteiger partial charge in [-0.2, -0.15) is 0 Å². The molecule has 20 rings (SSSR count). The summed E-state index contributed by atoms with van der Waals surface area (Å²) in [5.74, 6) is 0.509. The number of aromatic nitrogens is 4. The quantitative estimate of drug-likeness (QED) is 0.0667. The third kappa shape index (κ3) is 24.3. The highest BCUT2D eigenvalue weighted by Gasteiger charge is 2.37. The number of hydrogen-bond acceptors (Lipinski definition) is 8.